The van der Waals surface area contributed by atoms with E-state index in [4.69, 9.17) is 14.4 Å². The molecule has 0 radical (unpaired) electrons. The van der Waals surface area contributed by atoms with E-state index in [0.717, 1.165) is 7.11 Å². The summed E-state index contributed by atoms with van der Waals surface area (Å²) in [6.45, 7) is 3.65. The lowest BCUT2D eigenvalue weighted by molar-refractivity contribution is -0.384. The van der Waals surface area contributed by atoms with Gasteiger partial charge in [0.2, 0.25) is 0 Å². The van der Waals surface area contributed by atoms with E-state index in [1.807, 2.05) is 0 Å². The Kier molecular flexibility index (Phi) is 9.14. The Hall–Kier alpha value is -3.01. The molecule has 2 unspecified atom stereocenters. The van der Waals surface area contributed by atoms with Gasteiger partial charge in [0.15, 0.2) is 0 Å². The van der Waals surface area contributed by atoms with Crippen LogP contribution in [-0.2, 0) is 23.4 Å². The van der Waals surface area contributed by atoms with Crippen LogP contribution in [-0.4, -0.2) is 52.5 Å². The van der Waals surface area contributed by atoms with Crippen molar-refractivity contribution >= 4 is 25.2 Å². The van der Waals surface area contributed by atoms with Crippen LogP contribution in [0.5, 0.6) is 0 Å². The minimum Gasteiger partial charge on any atom is -0.481 e. The largest absolute Gasteiger partial charge is 0.481 e. The van der Waals surface area contributed by atoms with Gasteiger partial charge in [-0.15, -0.1) is 0 Å². The molecule has 0 bridgehead atoms. The smallest absolute Gasteiger partial charge is 0.357 e. The Morgan fingerprint density at radius 3 is 2.41 bits per heavy atom. The van der Waals surface area contributed by atoms with Crippen molar-refractivity contribution in [3.8, 4) is 0 Å². The van der Waals surface area contributed by atoms with E-state index in [9.17, 15) is 29.2 Å². The maximum atomic E-state index is 13.2. The highest BCUT2D eigenvalue weighted by atomic mass is 31.2. The fraction of sp³-hybridized carbons (Fsp3) is 0.455. The maximum Gasteiger partial charge on any atom is 0.357 e. The Bertz CT molecular complexity index is 1080. The highest BCUT2D eigenvalue weighted by Crippen LogP contribution is 2.61. The summed E-state index contributed by atoms with van der Waals surface area (Å²) in [5, 5.41) is 20.1. The molecule has 0 saturated carbocycles. The lowest BCUT2D eigenvalue weighted by atomic mass is 9.85. The topological polar surface area (TPSA) is 157 Å². The summed E-state index contributed by atoms with van der Waals surface area (Å²) in [6.07, 6.45) is 1.67. The SMILES string of the molecule is COC(=O)C1=C(C)N(CCCCCC(=O)O)C(C)=C(P(=O)(O)OC)C1c1cccc([N+](=O)[O-])c1. The van der Waals surface area contributed by atoms with Crippen molar-refractivity contribution in [3.63, 3.8) is 0 Å². The number of nitro groups is 1. The number of carbonyl (C=O) groups is 2. The Morgan fingerprint density at radius 2 is 1.85 bits per heavy atom. The molecule has 11 nitrogen and oxygen atoms in total. The summed E-state index contributed by atoms with van der Waals surface area (Å²) in [5.74, 6) is -2.74. The van der Waals surface area contributed by atoms with Crippen LogP contribution >= 0.6 is 7.60 Å². The summed E-state index contributed by atoms with van der Waals surface area (Å²) in [6, 6.07) is 5.52. The average molecular weight is 496 g/mol. The molecule has 0 spiro atoms. The second-order valence-electron chi connectivity index (χ2n) is 7.81. The fourth-order valence-electron chi connectivity index (χ4n) is 4.13. The zero-order valence-electron chi connectivity index (χ0n) is 19.5. The van der Waals surface area contributed by atoms with Gasteiger partial charge in [-0.2, -0.15) is 0 Å². The van der Waals surface area contributed by atoms with Crippen molar-refractivity contribution in [1.82, 2.24) is 4.90 Å². The minimum atomic E-state index is -4.43. The molecule has 0 fully saturated rings. The van der Waals surface area contributed by atoms with Crippen LogP contribution in [0.25, 0.3) is 0 Å². The maximum absolute atomic E-state index is 13.2. The molecule has 1 aliphatic rings. The van der Waals surface area contributed by atoms with E-state index in [2.05, 4.69) is 0 Å². The predicted molar refractivity (Wildman–Crippen MR) is 123 cm³/mol. The monoisotopic (exact) mass is 496 g/mol. The first-order chi connectivity index (χ1) is 16.0. The molecule has 1 aliphatic heterocycles. The molecule has 2 atom stereocenters. The number of aliphatic carboxylic acids is 1. The molecule has 186 valence electrons. The standard InChI is InChI=1S/C22H29N2O9P/c1-14-19(22(27)32-3)20(16-9-8-10-17(13-16)24(28)29)21(34(30,31)33-4)15(2)23(14)12-7-5-6-11-18(25)26/h8-10,13,20H,5-7,11-12H2,1-4H3,(H,25,26)(H,30,31). The molecule has 2 rings (SSSR count). The summed E-state index contributed by atoms with van der Waals surface area (Å²) >= 11 is 0. The Morgan fingerprint density at radius 1 is 1.18 bits per heavy atom. The van der Waals surface area contributed by atoms with Crippen molar-refractivity contribution in [2.75, 3.05) is 20.8 Å². The third-order valence-corrected chi connectivity index (χ3v) is 7.46. The number of carboxylic acid groups (broad SMARTS) is 1. The Balaban J connectivity index is 2.65. The number of carboxylic acids is 1. The van der Waals surface area contributed by atoms with E-state index in [1.54, 1.807) is 24.8 Å². The predicted octanol–water partition coefficient (Wildman–Crippen LogP) is 4.15. The van der Waals surface area contributed by atoms with Crippen molar-refractivity contribution in [1.29, 1.82) is 0 Å². The van der Waals surface area contributed by atoms with Gasteiger partial charge in [-0.1, -0.05) is 18.6 Å². The molecule has 1 aromatic carbocycles. The van der Waals surface area contributed by atoms with Crippen LogP contribution in [0.15, 0.2) is 46.5 Å². The van der Waals surface area contributed by atoms with E-state index >= 15 is 0 Å². The summed E-state index contributed by atoms with van der Waals surface area (Å²) in [4.78, 5) is 46.9. The van der Waals surface area contributed by atoms with Crippen LogP contribution in [0.1, 0.15) is 51.0 Å². The van der Waals surface area contributed by atoms with Gasteiger partial charge >= 0.3 is 19.5 Å². The number of carbonyl (C=O) groups excluding carboxylic acids is 1. The zero-order valence-corrected chi connectivity index (χ0v) is 20.4. The van der Waals surface area contributed by atoms with Crippen LogP contribution < -0.4 is 0 Å². The number of ether oxygens (including phenoxy) is 1. The first-order valence-corrected chi connectivity index (χ1v) is 12.2. The lowest BCUT2D eigenvalue weighted by Crippen LogP contribution is -2.33. The van der Waals surface area contributed by atoms with E-state index in [-0.39, 0.29) is 28.6 Å². The van der Waals surface area contributed by atoms with Gasteiger partial charge < -0.3 is 24.2 Å². The molecule has 0 aromatic heterocycles. The Labute approximate surface area is 197 Å². The van der Waals surface area contributed by atoms with Crippen LogP contribution in [0, 0.1) is 10.1 Å². The van der Waals surface area contributed by atoms with Crippen molar-refractivity contribution in [3.05, 3.63) is 62.2 Å². The van der Waals surface area contributed by atoms with Crippen molar-refractivity contribution in [2.24, 2.45) is 0 Å². The molecule has 2 N–H and O–H groups in total. The quantitative estimate of drug-likeness (QED) is 0.150. The van der Waals surface area contributed by atoms with Gasteiger partial charge in [0, 0.05) is 43.6 Å². The number of non-ortho nitro benzene ring substituents is 1. The van der Waals surface area contributed by atoms with E-state index in [0.29, 0.717) is 37.2 Å². The normalized spacial score (nSPS) is 18.0. The van der Waals surface area contributed by atoms with Gasteiger partial charge in [-0.05, 0) is 32.3 Å². The number of unbranched alkanes of at least 4 members (excludes halogenated alkanes) is 2. The van der Waals surface area contributed by atoms with Crippen LogP contribution in [0.2, 0.25) is 0 Å². The zero-order chi connectivity index (χ0) is 25.6. The van der Waals surface area contributed by atoms with Gasteiger partial charge in [-0.25, -0.2) is 4.79 Å². The first kappa shape index (κ1) is 27.2. The van der Waals surface area contributed by atoms with E-state index in [1.165, 1.54) is 25.3 Å². The van der Waals surface area contributed by atoms with Crippen molar-refractivity contribution < 1.29 is 38.3 Å². The third-order valence-electron chi connectivity index (χ3n) is 5.78. The van der Waals surface area contributed by atoms with Crippen LogP contribution in [0.3, 0.4) is 0 Å². The number of benzene rings is 1. The number of nitrogens with zero attached hydrogens (tertiary/aromatic N) is 2. The van der Waals surface area contributed by atoms with Gasteiger partial charge in [0.25, 0.3) is 5.69 Å². The molecule has 12 heteroatoms. The molecular weight excluding hydrogens is 467 g/mol. The molecular formula is C22H29N2O9P. The molecule has 0 aliphatic carbocycles. The second kappa shape index (κ2) is 11.4. The highest BCUT2D eigenvalue weighted by Gasteiger charge is 2.44. The number of hydrogen-bond donors (Lipinski definition) is 2. The van der Waals surface area contributed by atoms with Gasteiger partial charge in [0.1, 0.15) is 0 Å². The number of hydrogen-bond acceptors (Lipinski definition) is 8. The second-order valence-corrected chi connectivity index (χ2v) is 9.69. The number of methoxy groups -OCH3 is 1. The molecule has 1 heterocycles. The van der Waals surface area contributed by atoms with E-state index < -0.39 is 30.4 Å². The molecule has 34 heavy (non-hydrogen) atoms. The number of rotatable bonds is 11. The molecule has 0 amide bonds. The van der Waals surface area contributed by atoms with Crippen molar-refractivity contribution in [2.45, 2.75) is 45.4 Å². The number of esters is 1. The van der Waals surface area contributed by atoms with Gasteiger partial charge in [-0.3, -0.25) is 19.5 Å². The molecule has 1 aromatic rings. The summed E-state index contributed by atoms with van der Waals surface area (Å²) in [5.41, 5.74) is 0.963. The third kappa shape index (κ3) is 5.91. The molecule has 0 saturated heterocycles. The average Bonchev–Trinajstić information content (AvgIpc) is 2.79. The lowest BCUT2D eigenvalue weighted by Gasteiger charge is -2.39. The highest BCUT2D eigenvalue weighted by molar-refractivity contribution is 7.57. The summed E-state index contributed by atoms with van der Waals surface area (Å²) < 4.78 is 23.1. The number of allylic oxidation sites excluding steroid dienone is 3. The summed E-state index contributed by atoms with van der Waals surface area (Å²) in [7, 11) is -2.17. The first-order valence-electron chi connectivity index (χ1n) is 10.6. The fourth-order valence-corrected chi connectivity index (χ4v) is 5.46. The van der Waals surface area contributed by atoms with Crippen LogP contribution in [0.4, 0.5) is 5.69 Å². The minimum absolute atomic E-state index is 0.0344. The van der Waals surface area contributed by atoms with Gasteiger partial charge in [0.05, 0.1) is 28.8 Å². The number of nitro benzene ring substituents is 1.